The van der Waals surface area contributed by atoms with E-state index in [0.717, 1.165) is 0 Å². The maximum absolute atomic E-state index is 12.5. The van der Waals surface area contributed by atoms with Crippen molar-refractivity contribution in [3.63, 3.8) is 0 Å². The van der Waals surface area contributed by atoms with Crippen LogP contribution in [0.5, 0.6) is 5.75 Å². The number of halogens is 3. The Morgan fingerprint density at radius 2 is 2.00 bits per heavy atom. The van der Waals surface area contributed by atoms with Crippen molar-refractivity contribution in [3.8, 4) is 16.9 Å². The Labute approximate surface area is 138 Å². The summed E-state index contributed by atoms with van der Waals surface area (Å²) < 4.78 is 34.5. The molecule has 0 bridgehead atoms. The average Bonchev–Trinajstić information content (AvgIpc) is 2.47. The summed E-state index contributed by atoms with van der Waals surface area (Å²) >= 11 is 5.85. The summed E-state index contributed by atoms with van der Waals surface area (Å²) in [6.45, 7) is -1.14. The number of carbonyl (C=O) groups is 1. The molecule has 0 saturated carbocycles. The quantitative estimate of drug-likeness (QED) is 0.577. The number of para-hydroxylation sites is 1. The van der Waals surface area contributed by atoms with Crippen molar-refractivity contribution < 1.29 is 23.0 Å². The fourth-order valence-corrected chi connectivity index (χ4v) is 2.07. The number of hydrogen-bond donors (Lipinski definition) is 0. The Hall–Kier alpha value is -2.21. The molecule has 0 unspecified atom stereocenters. The minimum atomic E-state index is -2.98. The monoisotopic (exact) mass is 343 g/mol. The first-order chi connectivity index (χ1) is 10.5. The van der Waals surface area contributed by atoms with E-state index in [4.69, 9.17) is 16.3 Å². The second kappa shape index (κ2) is 8.43. The van der Waals surface area contributed by atoms with Crippen LogP contribution in [0.15, 0.2) is 36.5 Å². The highest BCUT2D eigenvalue weighted by Gasteiger charge is 2.19. The van der Waals surface area contributed by atoms with Crippen LogP contribution in [0.3, 0.4) is 0 Å². The molecular weight excluding hydrogens is 328 g/mol. The molecule has 0 aliphatic rings. The summed E-state index contributed by atoms with van der Waals surface area (Å²) in [4.78, 5) is 15.8. The lowest BCUT2D eigenvalue weighted by Crippen LogP contribution is -2.08. The topological polar surface area (TPSA) is 48.4 Å². The van der Waals surface area contributed by atoms with Crippen LogP contribution in [0.2, 0.25) is 5.15 Å². The predicted octanol–water partition coefficient (Wildman–Crippen LogP) is 4.82. The Morgan fingerprint density at radius 1 is 1.30 bits per heavy atom. The van der Waals surface area contributed by atoms with Crippen LogP contribution in [0.4, 0.5) is 8.78 Å². The molecule has 0 aliphatic heterocycles. The van der Waals surface area contributed by atoms with Gasteiger partial charge in [0.25, 0.3) is 0 Å². The second-order valence-corrected chi connectivity index (χ2v) is 4.53. The van der Waals surface area contributed by atoms with E-state index in [1.165, 1.54) is 18.3 Å². The van der Waals surface area contributed by atoms with Crippen molar-refractivity contribution in [2.75, 3.05) is 6.61 Å². The lowest BCUT2D eigenvalue weighted by molar-refractivity contribution is -0.0494. The number of nitrogens with zero attached hydrogens (tertiary/aromatic N) is 1. The number of benzene rings is 1. The van der Waals surface area contributed by atoms with Gasteiger partial charge in [-0.15, -0.1) is 0 Å². The van der Waals surface area contributed by atoms with Gasteiger partial charge in [0.15, 0.2) is 0 Å². The molecule has 0 fully saturated rings. The molecule has 2 rings (SSSR count). The van der Waals surface area contributed by atoms with Crippen molar-refractivity contribution in [3.05, 3.63) is 47.2 Å². The van der Waals surface area contributed by atoms with Crippen LogP contribution in [-0.4, -0.2) is 24.2 Å². The Morgan fingerprint density at radius 3 is 2.65 bits per heavy atom. The third-order valence-corrected chi connectivity index (χ3v) is 2.97. The first-order valence-corrected chi connectivity index (χ1v) is 6.77. The van der Waals surface area contributed by atoms with E-state index in [2.05, 4.69) is 9.72 Å². The maximum Gasteiger partial charge on any atom is 0.387 e. The van der Waals surface area contributed by atoms with Crippen molar-refractivity contribution >= 4 is 17.6 Å². The predicted molar refractivity (Wildman–Crippen MR) is 84.0 cm³/mol. The minimum Gasteiger partial charge on any atom is -0.462 e. The SMILES string of the molecule is C.CCOC(=O)c1cnc(Cl)cc1-c1ccccc1OC(F)F. The largest absolute Gasteiger partial charge is 0.462 e. The van der Waals surface area contributed by atoms with Crippen molar-refractivity contribution in [1.29, 1.82) is 0 Å². The maximum atomic E-state index is 12.5. The van der Waals surface area contributed by atoms with Crippen LogP contribution >= 0.6 is 11.6 Å². The molecule has 7 heteroatoms. The number of ether oxygens (including phenoxy) is 2. The number of rotatable bonds is 5. The molecule has 4 nitrogen and oxygen atoms in total. The summed E-state index contributed by atoms with van der Waals surface area (Å²) in [5, 5.41) is 0.120. The number of pyridine rings is 1. The third-order valence-electron chi connectivity index (χ3n) is 2.76. The van der Waals surface area contributed by atoms with Crippen molar-refractivity contribution in [2.24, 2.45) is 0 Å². The number of aromatic nitrogens is 1. The first kappa shape index (κ1) is 18.8. The molecule has 0 spiro atoms. The zero-order valence-electron chi connectivity index (χ0n) is 11.6. The molecule has 23 heavy (non-hydrogen) atoms. The lowest BCUT2D eigenvalue weighted by atomic mass is 10.0. The van der Waals surface area contributed by atoms with Gasteiger partial charge in [-0.1, -0.05) is 37.2 Å². The highest BCUT2D eigenvalue weighted by molar-refractivity contribution is 6.29. The lowest BCUT2D eigenvalue weighted by Gasteiger charge is -2.13. The first-order valence-electron chi connectivity index (χ1n) is 6.39. The summed E-state index contributed by atoms with van der Waals surface area (Å²) in [5.41, 5.74) is 0.737. The average molecular weight is 344 g/mol. The normalized spacial score (nSPS) is 10.1. The van der Waals surface area contributed by atoms with E-state index in [1.807, 2.05) is 0 Å². The third kappa shape index (κ3) is 4.63. The molecule has 124 valence electrons. The zero-order valence-corrected chi connectivity index (χ0v) is 12.3. The Bertz CT molecular complexity index is 680. The van der Waals surface area contributed by atoms with Gasteiger partial charge in [0.2, 0.25) is 0 Å². The van der Waals surface area contributed by atoms with Crippen LogP contribution < -0.4 is 4.74 Å². The Balaban J connectivity index is 0.00000264. The van der Waals surface area contributed by atoms with Gasteiger partial charge < -0.3 is 9.47 Å². The van der Waals surface area contributed by atoms with Gasteiger partial charge in [-0.05, 0) is 19.1 Å². The molecule has 1 aromatic carbocycles. The minimum absolute atomic E-state index is 0. The molecule has 1 heterocycles. The molecule has 0 aliphatic carbocycles. The van der Waals surface area contributed by atoms with Crippen LogP contribution in [0.25, 0.3) is 11.1 Å². The van der Waals surface area contributed by atoms with E-state index in [0.29, 0.717) is 11.1 Å². The molecule has 0 radical (unpaired) electrons. The fraction of sp³-hybridized carbons (Fsp3) is 0.250. The van der Waals surface area contributed by atoms with E-state index in [-0.39, 0.29) is 30.5 Å². The molecular formula is C16H16ClF2NO3. The molecule has 1 aromatic heterocycles. The molecule has 0 saturated heterocycles. The molecule has 0 N–H and O–H groups in total. The Kier molecular flexibility index (Phi) is 6.90. The van der Waals surface area contributed by atoms with Crippen molar-refractivity contribution in [2.45, 2.75) is 21.0 Å². The molecule has 0 atom stereocenters. The summed E-state index contributed by atoms with van der Waals surface area (Å²) in [5.74, 6) is -0.682. The highest BCUT2D eigenvalue weighted by Crippen LogP contribution is 2.34. The van der Waals surface area contributed by atoms with Gasteiger partial charge >= 0.3 is 12.6 Å². The summed E-state index contributed by atoms with van der Waals surface area (Å²) in [6.07, 6.45) is 1.24. The van der Waals surface area contributed by atoms with Crippen LogP contribution in [0.1, 0.15) is 24.7 Å². The standard InChI is InChI=1S/C15H12ClF2NO3.CH4/c1-2-21-14(20)11-8-19-13(16)7-10(11)9-5-3-4-6-12(9)22-15(17)18;/h3-8,15H,2H2,1H3;1H4. The van der Waals surface area contributed by atoms with E-state index < -0.39 is 12.6 Å². The summed E-state index contributed by atoms with van der Waals surface area (Å²) in [7, 11) is 0. The van der Waals surface area contributed by atoms with Gasteiger partial charge in [0, 0.05) is 17.3 Å². The number of hydrogen-bond acceptors (Lipinski definition) is 4. The van der Waals surface area contributed by atoms with Crippen LogP contribution in [0, 0.1) is 0 Å². The molecule has 0 amide bonds. The van der Waals surface area contributed by atoms with Gasteiger partial charge in [-0.3, -0.25) is 0 Å². The van der Waals surface area contributed by atoms with E-state index in [1.54, 1.807) is 25.1 Å². The number of carbonyl (C=O) groups excluding carboxylic acids is 1. The van der Waals surface area contributed by atoms with Gasteiger partial charge in [-0.25, -0.2) is 9.78 Å². The van der Waals surface area contributed by atoms with E-state index >= 15 is 0 Å². The van der Waals surface area contributed by atoms with E-state index in [9.17, 15) is 13.6 Å². The molecule has 2 aromatic rings. The fourth-order valence-electron chi connectivity index (χ4n) is 1.91. The van der Waals surface area contributed by atoms with Gasteiger partial charge in [-0.2, -0.15) is 8.78 Å². The second-order valence-electron chi connectivity index (χ2n) is 4.15. The van der Waals surface area contributed by atoms with Gasteiger partial charge in [0.05, 0.1) is 12.2 Å². The smallest absolute Gasteiger partial charge is 0.387 e. The van der Waals surface area contributed by atoms with Gasteiger partial charge in [0.1, 0.15) is 10.9 Å². The highest BCUT2D eigenvalue weighted by atomic mass is 35.5. The number of esters is 1. The summed E-state index contributed by atoms with van der Waals surface area (Å²) in [6, 6.07) is 7.52. The van der Waals surface area contributed by atoms with Crippen LogP contribution in [-0.2, 0) is 4.74 Å². The number of alkyl halides is 2. The zero-order chi connectivity index (χ0) is 16.1. The van der Waals surface area contributed by atoms with Crippen molar-refractivity contribution in [1.82, 2.24) is 4.98 Å².